The summed E-state index contributed by atoms with van der Waals surface area (Å²) in [5.74, 6) is 0. The van der Waals surface area contributed by atoms with Gasteiger partial charge in [0, 0.05) is 46.3 Å². The fourth-order valence-electron chi connectivity index (χ4n) is 4.18. The lowest BCUT2D eigenvalue weighted by molar-refractivity contribution is 0.394. The molecule has 0 unspecified atom stereocenters. The van der Waals surface area contributed by atoms with Crippen LogP contribution in [0.5, 0.6) is 0 Å². The van der Waals surface area contributed by atoms with Crippen LogP contribution in [0.3, 0.4) is 0 Å². The second-order valence-electron chi connectivity index (χ2n) is 9.50. The van der Waals surface area contributed by atoms with Gasteiger partial charge in [-0.05, 0) is 49.9 Å². The molecule has 0 aliphatic rings. The highest BCUT2D eigenvalue weighted by Gasteiger charge is 2.32. The van der Waals surface area contributed by atoms with Crippen LogP contribution in [0, 0.1) is 0 Å². The Hall–Kier alpha value is -0.780. The van der Waals surface area contributed by atoms with E-state index < -0.39 is 20.0 Å². The lowest BCUT2D eigenvalue weighted by Crippen LogP contribution is -2.34. The Morgan fingerprint density at radius 3 is 1.11 bits per heavy atom. The maximum atomic E-state index is 14.1. The van der Waals surface area contributed by atoms with E-state index in [-0.39, 0.29) is 9.79 Å². The Labute approximate surface area is 247 Å². The second kappa shape index (κ2) is 15.9. The number of nitrogens with zero attached hydrogens (tertiary/aromatic N) is 2. The van der Waals surface area contributed by atoms with Crippen molar-refractivity contribution in [3.63, 3.8) is 0 Å². The van der Waals surface area contributed by atoms with Gasteiger partial charge < -0.3 is 0 Å². The molecule has 10 heteroatoms. The summed E-state index contributed by atoms with van der Waals surface area (Å²) in [5.41, 5.74) is 0.784. The van der Waals surface area contributed by atoms with Crippen LogP contribution in [-0.4, -0.2) is 51.6 Å². The third-order valence-corrected chi connectivity index (χ3v) is 11.3. The third kappa shape index (κ3) is 8.61. The molecular weight excluding hydrogens is 652 g/mol. The maximum Gasteiger partial charge on any atom is 0.243 e. The van der Waals surface area contributed by atoms with Gasteiger partial charge in [-0.2, -0.15) is 8.61 Å². The number of hydrogen-bond donors (Lipinski definition) is 0. The Bertz CT molecular complexity index is 1140. The molecule has 2 aromatic rings. The summed E-state index contributed by atoms with van der Waals surface area (Å²) >= 11 is 6.90. The predicted octanol–water partition coefficient (Wildman–Crippen LogP) is 8.06. The highest BCUT2D eigenvalue weighted by Crippen LogP contribution is 2.38. The molecule has 0 atom stereocenters. The van der Waals surface area contributed by atoms with Crippen molar-refractivity contribution in [2.45, 2.75) is 88.9 Å². The Balaban J connectivity index is 2.76. The lowest BCUT2D eigenvalue weighted by Gasteiger charge is -2.26. The maximum absolute atomic E-state index is 14.1. The molecule has 0 spiro atoms. The van der Waals surface area contributed by atoms with Gasteiger partial charge in [0.2, 0.25) is 20.0 Å². The first-order valence-corrected chi connectivity index (χ1v) is 18.1. The fraction of sp³-hybridized carbons (Fsp3) is 0.571. The van der Waals surface area contributed by atoms with E-state index in [2.05, 4.69) is 31.9 Å². The van der Waals surface area contributed by atoms with Gasteiger partial charge in [0.05, 0.1) is 9.79 Å². The van der Waals surface area contributed by atoms with Crippen molar-refractivity contribution in [2.24, 2.45) is 0 Å². The lowest BCUT2D eigenvalue weighted by atomic mass is 10.1. The minimum atomic E-state index is -3.88. The van der Waals surface area contributed by atoms with Crippen molar-refractivity contribution in [2.75, 3.05) is 26.2 Å². The number of halogens is 2. The van der Waals surface area contributed by atoms with E-state index in [1.807, 2.05) is 27.7 Å². The van der Waals surface area contributed by atoms with Crippen LogP contribution in [-0.2, 0) is 20.0 Å². The molecule has 38 heavy (non-hydrogen) atoms. The first-order chi connectivity index (χ1) is 18.0. The molecule has 0 aliphatic carbocycles. The highest BCUT2D eigenvalue weighted by molar-refractivity contribution is 9.10. The zero-order chi connectivity index (χ0) is 28.3. The van der Waals surface area contributed by atoms with Crippen LogP contribution in [0.1, 0.15) is 79.1 Å². The van der Waals surface area contributed by atoms with Gasteiger partial charge in [0.1, 0.15) is 0 Å². The van der Waals surface area contributed by atoms with Gasteiger partial charge in [-0.15, -0.1) is 0 Å². The molecular formula is C28H42Br2N2O4S2. The molecule has 0 aromatic heterocycles. The SMILES string of the molecule is CCCCN(CCCC)S(=O)(=O)c1cc(Br)ccc1-c1ccc(Br)cc1S(=O)(=O)N(CCCC)CCCC. The Morgan fingerprint density at radius 2 is 0.842 bits per heavy atom. The Kier molecular flexibility index (Phi) is 14.0. The number of unbranched alkanes of at least 4 members (excludes halogenated alkanes) is 4. The van der Waals surface area contributed by atoms with E-state index in [1.165, 1.54) is 0 Å². The van der Waals surface area contributed by atoms with E-state index in [0.717, 1.165) is 51.4 Å². The molecule has 0 saturated heterocycles. The van der Waals surface area contributed by atoms with Crippen molar-refractivity contribution in [3.05, 3.63) is 45.3 Å². The number of hydrogen-bond acceptors (Lipinski definition) is 4. The monoisotopic (exact) mass is 692 g/mol. The van der Waals surface area contributed by atoms with Crippen molar-refractivity contribution in [3.8, 4) is 11.1 Å². The van der Waals surface area contributed by atoms with Gasteiger partial charge in [-0.1, -0.05) is 97.4 Å². The molecule has 0 N–H and O–H groups in total. The molecule has 0 aliphatic heterocycles. The molecule has 0 saturated carbocycles. The van der Waals surface area contributed by atoms with Crippen LogP contribution in [0.4, 0.5) is 0 Å². The van der Waals surface area contributed by atoms with Crippen LogP contribution < -0.4 is 0 Å². The molecule has 0 fully saturated rings. The summed E-state index contributed by atoms with van der Waals surface area (Å²) in [5, 5.41) is 0. The molecule has 0 amide bonds. The number of benzene rings is 2. The number of rotatable bonds is 17. The molecule has 2 aromatic carbocycles. The summed E-state index contributed by atoms with van der Waals surface area (Å²) < 4.78 is 60.6. The standard InChI is InChI=1S/C28H42Br2N2O4S2/c1-5-9-17-31(18-10-6-2)37(33,34)27-21-23(29)13-15-25(27)26-16-14-24(30)22-28(26)38(35,36)32(19-11-7-3)20-12-8-4/h13-16,21-22H,5-12,17-20H2,1-4H3. The van der Waals surface area contributed by atoms with Gasteiger partial charge >= 0.3 is 0 Å². The van der Waals surface area contributed by atoms with E-state index in [1.54, 1.807) is 45.0 Å². The Morgan fingerprint density at radius 1 is 0.553 bits per heavy atom. The summed E-state index contributed by atoms with van der Waals surface area (Å²) in [4.78, 5) is 0.234. The molecule has 0 radical (unpaired) electrons. The quantitative estimate of drug-likeness (QED) is 0.168. The zero-order valence-corrected chi connectivity index (χ0v) is 27.9. The molecule has 0 heterocycles. The van der Waals surface area contributed by atoms with E-state index in [9.17, 15) is 16.8 Å². The van der Waals surface area contributed by atoms with E-state index >= 15 is 0 Å². The minimum absolute atomic E-state index is 0.117. The first kappa shape index (κ1) is 33.4. The van der Waals surface area contributed by atoms with Crippen LogP contribution >= 0.6 is 31.9 Å². The average molecular weight is 695 g/mol. The van der Waals surface area contributed by atoms with Crippen molar-refractivity contribution in [1.82, 2.24) is 8.61 Å². The summed E-state index contributed by atoms with van der Waals surface area (Å²) in [6.45, 7) is 9.87. The van der Waals surface area contributed by atoms with Gasteiger partial charge in [-0.25, -0.2) is 16.8 Å². The fourth-order valence-corrected chi connectivity index (χ4v) is 8.71. The largest absolute Gasteiger partial charge is 0.243 e. The van der Waals surface area contributed by atoms with E-state index in [4.69, 9.17) is 0 Å². The second-order valence-corrected chi connectivity index (χ2v) is 15.1. The summed E-state index contributed by atoms with van der Waals surface area (Å²) in [7, 11) is -7.77. The highest BCUT2D eigenvalue weighted by atomic mass is 79.9. The van der Waals surface area contributed by atoms with Gasteiger partial charge in [0.25, 0.3) is 0 Å². The molecule has 0 bridgehead atoms. The van der Waals surface area contributed by atoms with Crippen molar-refractivity contribution >= 4 is 51.9 Å². The average Bonchev–Trinajstić information content (AvgIpc) is 2.88. The summed E-state index contributed by atoms with van der Waals surface area (Å²) in [6.07, 6.45) is 6.55. The van der Waals surface area contributed by atoms with Crippen LogP contribution in [0.2, 0.25) is 0 Å². The molecule has 2 rings (SSSR count). The van der Waals surface area contributed by atoms with Crippen molar-refractivity contribution in [1.29, 1.82) is 0 Å². The minimum Gasteiger partial charge on any atom is -0.207 e. The smallest absolute Gasteiger partial charge is 0.207 e. The van der Waals surface area contributed by atoms with Gasteiger partial charge in [0.15, 0.2) is 0 Å². The van der Waals surface area contributed by atoms with Crippen LogP contribution in [0.25, 0.3) is 11.1 Å². The third-order valence-electron chi connectivity index (χ3n) is 6.46. The molecule has 214 valence electrons. The van der Waals surface area contributed by atoms with Crippen LogP contribution in [0.15, 0.2) is 55.1 Å². The zero-order valence-electron chi connectivity index (χ0n) is 23.0. The predicted molar refractivity (Wildman–Crippen MR) is 164 cm³/mol. The number of sulfonamides is 2. The summed E-state index contributed by atoms with van der Waals surface area (Å²) in [6, 6.07) is 10.1. The normalized spacial score (nSPS) is 12.5. The van der Waals surface area contributed by atoms with E-state index in [0.29, 0.717) is 46.3 Å². The topological polar surface area (TPSA) is 74.8 Å². The van der Waals surface area contributed by atoms with Gasteiger partial charge in [-0.3, -0.25) is 0 Å². The first-order valence-electron chi connectivity index (χ1n) is 13.6. The molecule has 6 nitrogen and oxygen atoms in total. The van der Waals surface area contributed by atoms with Crippen molar-refractivity contribution < 1.29 is 16.8 Å².